The molecule has 39 heavy (non-hydrogen) atoms. The van der Waals surface area contributed by atoms with Crippen LogP contribution in [-0.4, -0.2) is 52.2 Å². The smallest absolute Gasteiger partial charge is 0.259 e. The van der Waals surface area contributed by atoms with E-state index in [2.05, 4.69) is 46.7 Å². The van der Waals surface area contributed by atoms with Gasteiger partial charge in [-0.15, -0.1) is 0 Å². The van der Waals surface area contributed by atoms with Gasteiger partial charge in [-0.2, -0.15) is 5.10 Å². The fraction of sp³-hybridized carbons (Fsp3) is 0.469. The number of piperidine rings is 2. The third kappa shape index (κ3) is 4.27. The normalized spacial score (nSPS) is 23.4. The highest BCUT2D eigenvalue weighted by atomic mass is 16.2. The number of hydrogen-bond donors (Lipinski definition) is 1. The zero-order valence-electron chi connectivity index (χ0n) is 22.8. The third-order valence-corrected chi connectivity index (χ3v) is 9.60. The zero-order valence-corrected chi connectivity index (χ0v) is 22.8. The van der Waals surface area contributed by atoms with Crippen molar-refractivity contribution < 1.29 is 9.59 Å². The molecule has 2 saturated heterocycles. The molecule has 7 rings (SSSR count). The van der Waals surface area contributed by atoms with E-state index in [0.29, 0.717) is 29.9 Å². The minimum atomic E-state index is -0.509. The van der Waals surface area contributed by atoms with Crippen LogP contribution in [0.25, 0.3) is 10.8 Å². The van der Waals surface area contributed by atoms with Crippen molar-refractivity contribution >= 4 is 28.3 Å². The summed E-state index contributed by atoms with van der Waals surface area (Å²) in [5.74, 6) is -0.244. The van der Waals surface area contributed by atoms with Crippen molar-refractivity contribution in [2.75, 3.05) is 24.5 Å². The molecule has 2 aromatic carbocycles. The minimum absolute atomic E-state index is 0.0918. The Morgan fingerprint density at radius 3 is 2.67 bits per heavy atom. The van der Waals surface area contributed by atoms with Crippen LogP contribution in [0.15, 0.2) is 55.0 Å². The number of benzene rings is 2. The maximum absolute atomic E-state index is 13.5. The first-order valence-corrected chi connectivity index (χ1v) is 14.5. The molecule has 0 radical (unpaired) electrons. The second kappa shape index (κ2) is 9.33. The molecule has 1 saturated carbocycles. The molecule has 3 aromatic rings. The summed E-state index contributed by atoms with van der Waals surface area (Å²) in [6, 6.07) is 10.0. The predicted molar refractivity (Wildman–Crippen MR) is 153 cm³/mol. The standard InChI is InChI=1S/C32H37N5O2/c1-21-7-9-28(30(38)34-21)37-27-10-8-23(25-5-3-6-26(29(25)27)31(37)39)17-22-18-33-36(19-22)24-11-15-35(16-12-24)20-32(2)13-4-14-32/h3,5-6,8,10,18-19,24,28H,1,4,7,9,11-17,20H2,2H3,(H,34,38)/t28-/m0/s1. The summed E-state index contributed by atoms with van der Waals surface area (Å²) in [5, 5.41) is 9.64. The number of hydrogen-bond acceptors (Lipinski definition) is 4. The average molecular weight is 524 g/mol. The number of likely N-dealkylation sites (tertiary alicyclic amines) is 1. The number of carbonyl (C=O) groups is 2. The van der Waals surface area contributed by atoms with Crippen molar-refractivity contribution in [3.8, 4) is 0 Å². The van der Waals surface area contributed by atoms with Crippen LogP contribution in [0.4, 0.5) is 5.69 Å². The van der Waals surface area contributed by atoms with E-state index in [1.54, 1.807) is 4.90 Å². The first kappa shape index (κ1) is 24.6. The van der Waals surface area contributed by atoms with Gasteiger partial charge in [0.1, 0.15) is 6.04 Å². The Morgan fingerprint density at radius 1 is 1.10 bits per heavy atom. The SMILES string of the molecule is C=C1CC[C@H](N2C(=O)c3cccc4c(Cc5cnn(C6CCN(CC7(C)CCC7)CC6)c5)ccc2c34)C(=O)N1. The van der Waals surface area contributed by atoms with E-state index >= 15 is 0 Å². The summed E-state index contributed by atoms with van der Waals surface area (Å²) in [4.78, 5) is 30.6. The first-order chi connectivity index (χ1) is 18.9. The van der Waals surface area contributed by atoms with Crippen molar-refractivity contribution in [3.05, 3.63) is 71.7 Å². The second-order valence-corrected chi connectivity index (χ2v) is 12.5. The molecule has 7 nitrogen and oxygen atoms in total. The number of nitrogens with one attached hydrogen (secondary N) is 1. The summed E-state index contributed by atoms with van der Waals surface area (Å²) < 4.78 is 2.18. The number of allylic oxidation sites excluding steroid dienone is 1. The fourth-order valence-corrected chi connectivity index (χ4v) is 7.25. The van der Waals surface area contributed by atoms with Crippen LogP contribution in [0, 0.1) is 5.41 Å². The largest absolute Gasteiger partial charge is 0.329 e. The molecule has 0 bridgehead atoms. The number of rotatable bonds is 6. The van der Waals surface area contributed by atoms with E-state index in [1.807, 2.05) is 24.4 Å². The van der Waals surface area contributed by atoms with Crippen molar-refractivity contribution in [2.45, 2.75) is 70.4 Å². The van der Waals surface area contributed by atoms with Crippen LogP contribution in [0.3, 0.4) is 0 Å². The molecule has 2 amide bonds. The lowest BCUT2D eigenvalue weighted by atomic mass is 9.70. The quantitative estimate of drug-likeness (QED) is 0.482. The van der Waals surface area contributed by atoms with E-state index in [4.69, 9.17) is 5.10 Å². The van der Waals surface area contributed by atoms with Crippen LogP contribution in [0.1, 0.15) is 79.4 Å². The van der Waals surface area contributed by atoms with Crippen LogP contribution >= 0.6 is 0 Å². The van der Waals surface area contributed by atoms with Gasteiger partial charge in [-0.1, -0.05) is 38.1 Å². The van der Waals surface area contributed by atoms with Gasteiger partial charge in [0.25, 0.3) is 5.91 Å². The molecule has 1 aliphatic carbocycles. The summed E-state index contributed by atoms with van der Waals surface area (Å²) in [5.41, 5.74) is 5.14. The van der Waals surface area contributed by atoms with E-state index in [0.717, 1.165) is 54.5 Å². The number of anilines is 1. The molecule has 4 heterocycles. The van der Waals surface area contributed by atoms with Gasteiger partial charge in [-0.3, -0.25) is 19.2 Å². The summed E-state index contributed by atoms with van der Waals surface area (Å²) >= 11 is 0. The van der Waals surface area contributed by atoms with Crippen molar-refractivity contribution in [1.82, 2.24) is 20.0 Å². The molecular formula is C32H37N5O2. The summed E-state index contributed by atoms with van der Waals surface area (Å²) in [6.07, 6.45) is 12.7. The van der Waals surface area contributed by atoms with Crippen molar-refractivity contribution in [1.29, 1.82) is 0 Å². The van der Waals surface area contributed by atoms with Gasteiger partial charge < -0.3 is 10.2 Å². The topological polar surface area (TPSA) is 70.5 Å². The number of carbonyl (C=O) groups excluding carboxylic acids is 2. The third-order valence-electron chi connectivity index (χ3n) is 9.60. The van der Waals surface area contributed by atoms with Crippen molar-refractivity contribution in [2.24, 2.45) is 5.41 Å². The van der Waals surface area contributed by atoms with Gasteiger partial charge in [-0.05, 0) is 72.6 Å². The lowest BCUT2D eigenvalue weighted by Crippen LogP contribution is -2.51. The van der Waals surface area contributed by atoms with Crippen LogP contribution in [0.5, 0.6) is 0 Å². The molecule has 0 spiro atoms. The molecular weight excluding hydrogens is 486 g/mol. The van der Waals surface area contributed by atoms with Gasteiger partial charge >= 0.3 is 0 Å². The molecule has 3 fully saturated rings. The minimum Gasteiger partial charge on any atom is -0.329 e. The number of amides is 2. The van der Waals surface area contributed by atoms with Crippen LogP contribution in [-0.2, 0) is 11.2 Å². The Labute approximate surface area is 229 Å². The molecule has 4 aliphatic rings. The first-order valence-electron chi connectivity index (χ1n) is 14.5. The molecule has 1 atom stereocenters. The van der Waals surface area contributed by atoms with Gasteiger partial charge in [0.15, 0.2) is 0 Å². The maximum Gasteiger partial charge on any atom is 0.259 e. The zero-order chi connectivity index (χ0) is 26.7. The van der Waals surface area contributed by atoms with Crippen LogP contribution in [0.2, 0.25) is 0 Å². The summed E-state index contributed by atoms with van der Waals surface area (Å²) in [7, 11) is 0. The lowest BCUT2D eigenvalue weighted by Gasteiger charge is -2.44. The molecule has 1 aromatic heterocycles. The molecule has 202 valence electrons. The Balaban J connectivity index is 1.09. The predicted octanol–water partition coefficient (Wildman–Crippen LogP) is 5.21. The van der Waals surface area contributed by atoms with Gasteiger partial charge in [0.05, 0.1) is 17.9 Å². The lowest BCUT2D eigenvalue weighted by molar-refractivity contribution is -0.122. The van der Waals surface area contributed by atoms with Gasteiger partial charge in [-0.25, -0.2) is 0 Å². The highest BCUT2D eigenvalue weighted by Gasteiger charge is 2.40. The van der Waals surface area contributed by atoms with Crippen molar-refractivity contribution in [3.63, 3.8) is 0 Å². The Bertz CT molecular complexity index is 1480. The number of aromatic nitrogens is 2. The molecule has 3 aliphatic heterocycles. The fourth-order valence-electron chi connectivity index (χ4n) is 7.25. The maximum atomic E-state index is 13.5. The summed E-state index contributed by atoms with van der Waals surface area (Å²) in [6.45, 7) is 9.88. The van der Waals surface area contributed by atoms with E-state index < -0.39 is 6.04 Å². The van der Waals surface area contributed by atoms with Crippen LogP contribution < -0.4 is 10.2 Å². The highest BCUT2D eigenvalue weighted by molar-refractivity contribution is 6.27. The average Bonchev–Trinajstić information content (AvgIpc) is 3.49. The van der Waals surface area contributed by atoms with E-state index in [9.17, 15) is 9.59 Å². The molecule has 0 unspecified atom stereocenters. The Hall–Kier alpha value is -3.45. The van der Waals surface area contributed by atoms with Gasteiger partial charge in [0, 0.05) is 48.9 Å². The Morgan fingerprint density at radius 2 is 1.92 bits per heavy atom. The van der Waals surface area contributed by atoms with Gasteiger partial charge in [0.2, 0.25) is 5.91 Å². The second-order valence-electron chi connectivity index (χ2n) is 12.5. The monoisotopic (exact) mass is 523 g/mol. The van der Waals surface area contributed by atoms with E-state index in [-0.39, 0.29) is 11.8 Å². The highest BCUT2D eigenvalue weighted by Crippen LogP contribution is 2.43. The molecule has 7 heteroatoms. The number of nitrogens with zero attached hydrogens (tertiary/aromatic N) is 4. The Kier molecular flexibility index (Phi) is 5.88. The molecule has 1 N–H and O–H groups in total. The van der Waals surface area contributed by atoms with E-state index in [1.165, 1.54) is 36.9 Å².